The van der Waals surface area contributed by atoms with Gasteiger partial charge in [-0.15, -0.1) is 0 Å². The van der Waals surface area contributed by atoms with Crippen molar-refractivity contribution < 1.29 is 0 Å². The van der Waals surface area contributed by atoms with Gasteiger partial charge in [0, 0.05) is 18.8 Å². The van der Waals surface area contributed by atoms with E-state index in [4.69, 9.17) is 0 Å². The number of hydrogen-bond donors (Lipinski definition) is 1. The molecule has 96 valence electrons. The van der Waals surface area contributed by atoms with Gasteiger partial charge in [-0.05, 0) is 50.6 Å². The van der Waals surface area contributed by atoms with Crippen LogP contribution in [0, 0.1) is 5.92 Å². The number of aryl methyl sites for hydroxylation is 3. The highest BCUT2D eigenvalue weighted by Crippen LogP contribution is 2.19. The topological polar surface area (TPSA) is 29.9 Å². The van der Waals surface area contributed by atoms with Crippen LogP contribution < -0.4 is 5.32 Å². The molecule has 1 saturated carbocycles. The van der Waals surface area contributed by atoms with Gasteiger partial charge < -0.3 is 5.32 Å². The van der Waals surface area contributed by atoms with Crippen molar-refractivity contribution in [2.45, 2.75) is 52.0 Å². The zero-order chi connectivity index (χ0) is 12.3. The third-order valence-corrected chi connectivity index (χ3v) is 3.62. The zero-order valence-corrected chi connectivity index (χ0v) is 11.4. The molecule has 0 aliphatic heterocycles. The lowest BCUT2D eigenvalue weighted by atomic mass is 10.0. The minimum atomic E-state index is 0.760. The summed E-state index contributed by atoms with van der Waals surface area (Å²) in [5, 5.41) is 8.09. The summed E-state index contributed by atoms with van der Waals surface area (Å²) in [5.41, 5.74) is 2.59. The monoisotopic (exact) mass is 235 g/mol. The van der Waals surface area contributed by atoms with Gasteiger partial charge in [0.05, 0.1) is 5.69 Å². The lowest BCUT2D eigenvalue weighted by Gasteiger charge is -2.11. The summed E-state index contributed by atoms with van der Waals surface area (Å²) in [6, 6.07) is 3.09. The van der Waals surface area contributed by atoms with Crippen molar-refractivity contribution >= 4 is 0 Å². The molecule has 17 heavy (non-hydrogen) atoms. The second-order valence-electron chi connectivity index (χ2n) is 5.43. The number of aromatic nitrogens is 2. The van der Waals surface area contributed by atoms with Gasteiger partial charge in [0.25, 0.3) is 0 Å². The van der Waals surface area contributed by atoms with E-state index in [1.165, 1.54) is 37.2 Å². The molecule has 0 aromatic carbocycles. The van der Waals surface area contributed by atoms with Gasteiger partial charge in [-0.3, -0.25) is 4.68 Å². The first kappa shape index (κ1) is 12.6. The van der Waals surface area contributed by atoms with E-state index in [2.05, 4.69) is 37.4 Å². The van der Waals surface area contributed by atoms with E-state index in [-0.39, 0.29) is 0 Å². The summed E-state index contributed by atoms with van der Waals surface area (Å²) in [6.07, 6.45) is 6.20. The fraction of sp³-hybridized carbons (Fsp3) is 0.786. The van der Waals surface area contributed by atoms with Gasteiger partial charge >= 0.3 is 0 Å². The predicted molar refractivity (Wildman–Crippen MR) is 71.1 cm³/mol. The van der Waals surface area contributed by atoms with Crippen molar-refractivity contribution in [2.24, 2.45) is 13.0 Å². The van der Waals surface area contributed by atoms with E-state index in [1.807, 2.05) is 4.68 Å². The average Bonchev–Trinajstić information content (AvgIpc) is 3.07. The van der Waals surface area contributed by atoms with Crippen LogP contribution in [0.25, 0.3) is 0 Å². The van der Waals surface area contributed by atoms with Crippen LogP contribution in [0.3, 0.4) is 0 Å². The van der Waals surface area contributed by atoms with Gasteiger partial charge in [-0.25, -0.2) is 0 Å². The van der Waals surface area contributed by atoms with Gasteiger partial charge in [-0.1, -0.05) is 13.8 Å². The molecule has 1 atom stereocenters. The molecule has 1 aliphatic rings. The number of rotatable bonds is 7. The maximum absolute atomic E-state index is 4.49. The highest BCUT2D eigenvalue weighted by Gasteiger charge is 2.20. The van der Waals surface area contributed by atoms with E-state index in [0.29, 0.717) is 0 Å². The van der Waals surface area contributed by atoms with Crippen LogP contribution in [0.5, 0.6) is 0 Å². The van der Waals surface area contributed by atoms with Crippen molar-refractivity contribution in [1.29, 1.82) is 0 Å². The van der Waals surface area contributed by atoms with Gasteiger partial charge in [-0.2, -0.15) is 5.10 Å². The first-order valence-corrected chi connectivity index (χ1v) is 6.94. The summed E-state index contributed by atoms with van der Waals surface area (Å²) in [5.74, 6) is 0.760. The molecule has 0 saturated heterocycles. The van der Waals surface area contributed by atoms with Crippen LogP contribution in [-0.2, 0) is 19.9 Å². The number of nitrogens with zero attached hydrogens (tertiary/aromatic N) is 2. The van der Waals surface area contributed by atoms with Crippen LogP contribution in [0.2, 0.25) is 0 Å². The zero-order valence-electron chi connectivity index (χ0n) is 11.4. The molecule has 3 heteroatoms. The van der Waals surface area contributed by atoms with E-state index in [1.54, 1.807) is 0 Å². The molecule has 0 bridgehead atoms. The summed E-state index contributed by atoms with van der Waals surface area (Å²) >= 11 is 0. The largest absolute Gasteiger partial charge is 0.314 e. The minimum Gasteiger partial charge on any atom is -0.314 e. The Labute approximate surface area is 105 Å². The molecule has 0 amide bonds. The fourth-order valence-corrected chi connectivity index (χ4v) is 2.13. The van der Waals surface area contributed by atoms with Crippen molar-refractivity contribution in [1.82, 2.24) is 15.1 Å². The summed E-state index contributed by atoms with van der Waals surface area (Å²) in [4.78, 5) is 0. The lowest BCUT2D eigenvalue weighted by Crippen LogP contribution is -2.23. The van der Waals surface area contributed by atoms with Crippen molar-refractivity contribution in [3.05, 3.63) is 17.5 Å². The maximum atomic E-state index is 4.49. The highest BCUT2D eigenvalue weighted by atomic mass is 15.3. The second-order valence-corrected chi connectivity index (χ2v) is 5.43. The first-order valence-electron chi connectivity index (χ1n) is 6.94. The molecule has 2 rings (SSSR count). The van der Waals surface area contributed by atoms with Crippen molar-refractivity contribution in [3.63, 3.8) is 0 Å². The Hall–Kier alpha value is -0.830. The standard InChI is InChI=1S/C14H25N3/c1-4-12-9-14(17(3)16-12)8-5-11(2)10-15-13-6-7-13/h9,11,13,15H,4-8,10H2,1-3H3. The van der Waals surface area contributed by atoms with Crippen LogP contribution >= 0.6 is 0 Å². The van der Waals surface area contributed by atoms with Crippen LogP contribution in [0.15, 0.2) is 6.07 Å². The molecular weight excluding hydrogens is 210 g/mol. The molecule has 3 nitrogen and oxygen atoms in total. The Morgan fingerprint density at radius 2 is 2.29 bits per heavy atom. The molecule has 0 spiro atoms. The van der Waals surface area contributed by atoms with Crippen molar-refractivity contribution in [3.8, 4) is 0 Å². The third kappa shape index (κ3) is 3.84. The molecule has 0 radical (unpaired) electrons. The van der Waals surface area contributed by atoms with E-state index >= 15 is 0 Å². The Morgan fingerprint density at radius 1 is 1.53 bits per heavy atom. The molecule has 1 heterocycles. The Morgan fingerprint density at radius 3 is 2.88 bits per heavy atom. The first-order chi connectivity index (χ1) is 8.19. The van der Waals surface area contributed by atoms with E-state index in [0.717, 1.165) is 24.8 Å². The maximum Gasteiger partial charge on any atom is 0.0624 e. The SMILES string of the molecule is CCc1cc(CCC(C)CNC2CC2)n(C)n1. The van der Waals surface area contributed by atoms with Crippen LogP contribution in [0.1, 0.15) is 44.5 Å². The Balaban J connectivity index is 1.73. The number of hydrogen-bond acceptors (Lipinski definition) is 2. The Kier molecular flexibility index (Phi) is 4.21. The summed E-state index contributed by atoms with van der Waals surface area (Å²) in [6.45, 7) is 5.67. The minimum absolute atomic E-state index is 0.760. The summed E-state index contributed by atoms with van der Waals surface area (Å²) in [7, 11) is 2.06. The molecular formula is C14H25N3. The Bertz CT molecular complexity index is 352. The van der Waals surface area contributed by atoms with Gasteiger partial charge in [0.1, 0.15) is 0 Å². The van der Waals surface area contributed by atoms with Gasteiger partial charge in [0.15, 0.2) is 0 Å². The van der Waals surface area contributed by atoms with Crippen LogP contribution in [-0.4, -0.2) is 22.4 Å². The lowest BCUT2D eigenvalue weighted by molar-refractivity contribution is 0.473. The molecule has 1 N–H and O–H groups in total. The van der Waals surface area contributed by atoms with E-state index in [9.17, 15) is 0 Å². The normalized spacial score (nSPS) is 17.4. The predicted octanol–water partition coefficient (Wildman–Crippen LogP) is 2.30. The molecule has 1 aromatic heterocycles. The smallest absolute Gasteiger partial charge is 0.0624 e. The molecule has 1 aliphatic carbocycles. The third-order valence-electron chi connectivity index (χ3n) is 3.62. The quantitative estimate of drug-likeness (QED) is 0.786. The fourth-order valence-electron chi connectivity index (χ4n) is 2.13. The van der Waals surface area contributed by atoms with Gasteiger partial charge in [0.2, 0.25) is 0 Å². The summed E-state index contributed by atoms with van der Waals surface area (Å²) < 4.78 is 2.04. The number of nitrogens with one attached hydrogen (secondary N) is 1. The highest BCUT2D eigenvalue weighted by molar-refractivity contribution is 5.10. The molecule has 1 aromatic rings. The van der Waals surface area contributed by atoms with E-state index < -0.39 is 0 Å². The van der Waals surface area contributed by atoms with Crippen molar-refractivity contribution in [2.75, 3.05) is 6.54 Å². The average molecular weight is 235 g/mol. The molecule has 1 fully saturated rings. The molecule has 1 unspecified atom stereocenters. The second kappa shape index (κ2) is 5.67. The van der Waals surface area contributed by atoms with Crippen LogP contribution in [0.4, 0.5) is 0 Å².